The van der Waals surface area contributed by atoms with E-state index in [1.807, 2.05) is 28.4 Å². The Morgan fingerprint density at radius 1 is 1.39 bits per heavy atom. The number of aryl methyl sites for hydroxylation is 1. The first-order valence-electron chi connectivity index (χ1n) is 6.94. The van der Waals surface area contributed by atoms with Gasteiger partial charge in [0, 0.05) is 19.4 Å². The zero-order chi connectivity index (χ0) is 16.0. The lowest BCUT2D eigenvalue weighted by Gasteiger charge is -2.12. The molecule has 4 rings (SSSR count). The zero-order valence-corrected chi connectivity index (χ0v) is 13.2. The summed E-state index contributed by atoms with van der Waals surface area (Å²) in [5.74, 6) is 0.388. The Labute approximate surface area is 136 Å². The summed E-state index contributed by atoms with van der Waals surface area (Å²) in [5.41, 5.74) is 9.48. The molecule has 0 saturated heterocycles. The second-order valence-corrected chi connectivity index (χ2v) is 5.49. The lowest BCUT2D eigenvalue weighted by atomic mass is 10.2. The molecule has 0 fully saturated rings. The molecule has 3 aromatic heterocycles. The van der Waals surface area contributed by atoms with Crippen molar-refractivity contribution < 1.29 is 4.74 Å². The molecule has 0 aliphatic carbocycles. The number of aliphatic imine (C=N–C) groups is 1. The third-order valence-corrected chi connectivity index (χ3v) is 4.11. The van der Waals surface area contributed by atoms with Crippen LogP contribution >= 0.6 is 11.6 Å². The quantitative estimate of drug-likeness (QED) is 0.761. The van der Waals surface area contributed by atoms with Gasteiger partial charge in [0.2, 0.25) is 5.88 Å². The van der Waals surface area contributed by atoms with E-state index in [4.69, 9.17) is 16.3 Å². The Balaban J connectivity index is 2.08. The van der Waals surface area contributed by atoms with Crippen molar-refractivity contribution in [1.29, 1.82) is 0 Å². The van der Waals surface area contributed by atoms with Crippen molar-refractivity contribution in [3.63, 3.8) is 0 Å². The van der Waals surface area contributed by atoms with Crippen LogP contribution in [0.15, 0.2) is 29.8 Å². The Hall–Kier alpha value is -2.58. The molecule has 0 saturated carbocycles. The van der Waals surface area contributed by atoms with Crippen LogP contribution in [0.1, 0.15) is 11.9 Å². The van der Waals surface area contributed by atoms with Crippen LogP contribution in [0.5, 0.6) is 5.88 Å². The van der Waals surface area contributed by atoms with Gasteiger partial charge in [-0.25, -0.2) is 20.4 Å². The molecule has 4 heterocycles. The van der Waals surface area contributed by atoms with E-state index in [-0.39, 0.29) is 6.17 Å². The molecular formula is C14H14ClN7O. The van der Waals surface area contributed by atoms with Crippen LogP contribution < -0.4 is 15.6 Å². The van der Waals surface area contributed by atoms with Gasteiger partial charge in [-0.2, -0.15) is 0 Å². The highest BCUT2D eigenvalue weighted by atomic mass is 35.5. The van der Waals surface area contributed by atoms with Gasteiger partial charge >= 0.3 is 0 Å². The number of nitrogens with zero attached hydrogens (tertiary/aromatic N) is 5. The third-order valence-electron chi connectivity index (χ3n) is 3.84. The van der Waals surface area contributed by atoms with E-state index in [2.05, 4.69) is 25.8 Å². The highest BCUT2D eigenvalue weighted by Crippen LogP contribution is 2.36. The lowest BCUT2D eigenvalue weighted by molar-refractivity contribution is 0.400. The average molecular weight is 332 g/mol. The number of hydrogen-bond acceptors (Lipinski definition) is 6. The SMILES string of the molecule is COc1nc2c(-n3ccnc3)c(C3N=CNN3)n(C)c2cc1Cl. The molecule has 23 heavy (non-hydrogen) atoms. The van der Waals surface area contributed by atoms with Crippen molar-refractivity contribution in [2.75, 3.05) is 7.11 Å². The molecule has 1 aliphatic rings. The highest BCUT2D eigenvalue weighted by Gasteiger charge is 2.26. The van der Waals surface area contributed by atoms with Crippen molar-refractivity contribution in [3.8, 4) is 11.6 Å². The van der Waals surface area contributed by atoms with Gasteiger partial charge in [-0.15, -0.1) is 0 Å². The molecule has 0 bridgehead atoms. The van der Waals surface area contributed by atoms with Crippen LogP contribution in [0.3, 0.4) is 0 Å². The minimum absolute atomic E-state index is 0.239. The van der Waals surface area contributed by atoms with Crippen molar-refractivity contribution >= 4 is 29.0 Å². The standard InChI is InChI=1S/C14H14ClN7O/c1-21-9-5-8(15)14(23-2)19-10(9)11(22-4-3-16-7-22)12(21)13-17-6-18-20-13/h3-7,13,20H,1-2H3,(H,17,18). The van der Waals surface area contributed by atoms with Gasteiger partial charge in [0.1, 0.15) is 10.5 Å². The normalized spacial score (nSPS) is 16.9. The number of fused-ring (bicyclic) bond motifs is 1. The summed E-state index contributed by atoms with van der Waals surface area (Å²) in [6, 6.07) is 1.85. The van der Waals surface area contributed by atoms with Gasteiger partial charge in [-0.1, -0.05) is 11.6 Å². The molecule has 1 unspecified atom stereocenters. The average Bonchev–Trinajstić information content (AvgIpc) is 3.27. The fourth-order valence-corrected chi connectivity index (χ4v) is 3.03. The first kappa shape index (κ1) is 14.0. The van der Waals surface area contributed by atoms with Crippen LogP contribution in [0, 0.1) is 0 Å². The minimum atomic E-state index is -0.239. The molecule has 0 aromatic carbocycles. The highest BCUT2D eigenvalue weighted by molar-refractivity contribution is 6.32. The summed E-state index contributed by atoms with van der Waals surface area (Å²) >= 11 is 6.24. The van der Waals surface area contributed by atoms with Crippen LogP contribution in [0.4, 0.5) is 0 Å². The number of hydrazine groups is 1. The van der Waals surface area contributed by atoms with Crippen molar-refractivity contribution in [2.45, 2.75) is 6.17 Å². The molecule has 9 heteroatoms. The topological polar surface area (TPSA) is 81.3 Å². The predicted octanol–water partition coefficient (Wildman–Crippen LogP) is 1.56. The Morgan fingerprint density at radius 2 is 2.26 bits per heavy atom. The third kappa shape index (κ3) is 2.07. The van der Waals surface area contributed by atoms with E-state index in [1.54, 1.807) is 26.0 Å². The van der Waals surface area contributed by atoms with Gasteiger partial charge in [-0.3, -0.25) is 0 Å². The van der Waals surface area contributed by atoms with Gasteiger partial charge in [-0.05, 0) is 6.07 Å². The number of aromatic nitrogens is 4. The van der Waals surface area contributed by atoms with Gasteiger partial charge < -0.3 is 19.3 Å². The van der Waals surface area contributed by atoms with Crippen molar-refractivity contribution in [3.05, 3.63) is 35.5 Å². The number of ether oxygens (including phenoxy) is 1. The second-order valence-electron chi connectivity index (χ2n) is 5.08. The number of methoxy groups -OCH3 is 1. The van der Waals surface area contributed by atoms with E-state index in [0.717, 1.165) is 22.4 Å². The molecular weight excluding hydrogens is 318 g/mol. The number of halogens is 1. The molecule has 0 radical (unpaired) electrons. The largest absolute Gasteiger partial charge is 0.480 e. The van der Waals surface area contributed by atoms with Gasteiger partial charge in [0.05, 0.1) is 36.7 Å². The second kappa shape index (κ2) is 5.25. The number of imidazole rings is 1. The Kier molecular flexibility index (Phi) is 3.21. The molecule has 1 aliphatic heterocycles. The van der Waals surface area contributed by atoms with Gasteiger partial charge in [0.15, 0.2) is 6.17 Å². The van der Waals surface area contributed by atoms with E-state index in [0.29, 0.717) is 10.9 Å². The van der Waals surface area contributed by atoms with Crippen LogP contribution in [-0.4, -0.2) is 32.6 Å². The number of nitrogens with one attached hydrogen (secondary N) is 2. The maximum atomic E-state index is 6.24. The molecule has 0 spiro atoms. The van der Waals surface area contributed by atoms with E-state index in [9.17, 15) is 0 Å². The predicted molar refractivity (Wildman–Crippen MR) is 86.9 cm³/mol. The molecule has 3 aromatic rings. The summed E-state index contributed by atoms with van der Waals surface area (Å²) in [6.45, 7) is 0. The summed E-state index contributed by atoms with van der Waals surface area (Å²) in [7, 11) is 3.51. The lowest BCUT2D eigenvalue weighted by Crippen LogP contribution is -2.27. The molecule has 8 nitrogen and oxygen atoms in total. The monoisotopic (exact) mass is 331 g/mol. The molecule has 1 atom stereocenters. The smallest absolute Gasteiger partial charge is 0.233 e. The zero-order valence-electron chi connectivity index (χ0n) is 12.5. The molecule has 0 amide bonds. The van der Waals surface area contributed by atoms with E-state index >= 15 is 0 Å². The summed E-state index contributed by atoms with van der Waals surface area (Å²) in [4.78, 5) is 13.1. The van der Waals surface area contributed by atoms with E-state index in [1.165, 1.54) is 0 Å². The maximum absolute atomic E-state index is 6.24. The van der Waals surface area contributed by atoms with Crippen molar-refractivity contribution in [2.24, 2.45) is 12.0 Å². The Morgan fingerprint density at radius 3 is 2.91 bits per heavy atom. The molecule has 2 N–H and O–H groups in total. The van der Waals surface area contributed by atoms with Crippen LogP contribution in [0.25, 0.3) is 16.7 Å². The van der Waals surface area contributed by atoms with Crippen molar-refractivity contribution in [1.82, 2.24) is 30.0 Å². The van der Waals surface area contributed by atoms with Crippen LogP contribution in [0.2, 0.25) is 5.02 Å². The first-order chi connectivity index (χ1) is 11.2. The first-order valence-corrected chi connectivity index (χ1v) is 7.32. The maximum Gasteiger partial charge on any atom is 0.233 e. The fraction of sp³-hybridized carbons (Fsp3) is 0.214. The molecule has 118 valence electrons. The summed E-state index contributed by atoms with van der Waals surface area (Å²) in [5, 5.41) is 0.463. The number of rotatable bonds is 3. The van der Waals surface area contributed by atoms with Crippen LogP contribution in [-0.2, 0) is 7.05 Å². The minimum Gasteiger partial charge on any atom is -0.480 e. The van der Waals surface area contributed by atoms with Gasteiger partial charge in [0.25, 0.3) is 0 Å². The number of pyridine rings is 1. The summed E-state index contributed by atoms with van der Waals surface area (Å²) < 4.78 is 9.19. The number of hydrogen-bond donors (Lipinski definition) is 2. The fourth-order valence-electron chi connectivity index (χ4n) is 2.81. The van der Waals surface area contributed by atoms with E-state index < -0.39 is 0 Å². The summed E-state index contributed by atoms with van der Waals surface area (Å²) in [6.07, 6.45) is 6.71. The Bertz CT molecular complexity index is 900.